The molecule has 0 amide bonds. The topological polar surface area (TPSA) is 43.4 Å². The zero-order valence-corrected chi connectivity index (χ0v) is 8.14. The molecule has 0 aromatic heterocycles. The van der Waals surface area contributed by atoms with E-state index < -0.39 is 0 Å². The van der Waals surface area contributed by atoms with Gasteiger partial charge in [0, 0.05) is 12.0 Å². The van der Waals surface area contributed by atoms with E-state index >= 15 is 0 Å². The molecule has 0 heterocycles. The van der Waals surface area contributed by atoms with Gasteiger partial charge in [0.25, 0.3) is 0 Å². The highest BCUT2D eigenvalue weighted by molar-refractivity contribution is 5.86. The number of ketones is 1. The number of esters is 1. The largest absolute Gasteiger partial charge is 0.466 e. The van der Waals surface area contributed by atoms with Gasteiger partial charge < -0.3 is 9.53 Å². The molecule has 0 aliphatic heterocycles. The molecular weight excluding hydrogens is 156 g/mol. The second-order valence-electron chi connectivity index (χ2n) is 2.33. The Morgan fingerprint density at radius 2 is 1.67 bits per heavy atom. The van der Waals surface area contributed by atoms with E-state index in [2.05, 4.69) is 11.3 Å². The summed E-state index contributed by atoms with van der Waals surface area (Å²) in [6, 6.07) is 0. The highest BCUT2D eigenvalue weighted by atomic mass is 16.5. The Kier molecular flexibility index (Phi) is 8.96. The van der Waals surface area contributed by atoms with Gasteiger partial charge in [0.05, 0.1) is 7.11 Å². The van der Waals surface area contributed by atoms with Crippen molar-refractivity contribution >= 4 is 11.8 Å². The minimum atomic E-state index is -0.347. The minimum Gasteiger partial charge on any atom is -0.466 e. The first-order chi connectivity index (χ1) is 5.45. The van der Waals surface area contributed by atoms with Crippen molar-refractivity contribution in [3.8, 4) is 0 Å². The molecule has 0 saturated carbocycles. The number of methoxy groups -OCH3 is 1. The lowest BCUT2D eigenvalue weighted by atomic mass is 10.4. The Morgan fingerprint density at radius 3 is 1.67 bits per heavy atom. The maximum Gasteiger partial charge on any atom is 0.332 e. The number of Topliss-reactive ketones (excluding diaryl/α,β-unsaturated/α-hetero) is 1. The summed E-state index contributed by atoms with van der Waals surface area (Å²) >= 11 is 0. The molecule has 3 heteroatoms. The molecule has 12 heavy (non-hydrogen) atoms. The molecule has 3 nitrogen and oxygen atoms in total. The fourth-order valence-electron chi connectivity index (χ4n) is 0.174. The molecule has 0 bridgehead atoms. The lowest BCUT2D eigenvalue weighted by Gasteiger charge is -1.91. The van der Waals surface area contributed by atoms with Gasteiger partial charge in [0.2, 0.25) is 0 Å². The second-order valence-corrected chi connectivity index (χ2v) is 2.33. The fraction of sp³-hybridized carbons (Fsp3) is 0.556. The van der Waals surface area contributed by atoms with Gasteiger partial charge in [0.1, 0.15) is 5.78 Å². The maximum atomic E-state index is 10.2. The first kappa shape index (κ1) is 13.5. The van der Waals surface area contributed by atoms with Crippen LogP contribution in [0.15, 0.2) is 12.2 Å². The van der Waals surface area contributed by atoms with E-state index in [0.29, 0.717) is 12.0 Å². The van der Waals surface area contributed by atoms with Crippen molar-refractivity contribution in [1.29, 1.82) is 0 Å². The smallest absolute Gasteiger partial charge is 0.332 e. The van der Waals surface area contributed by atoms with Crippen LogP contribution in [0.2, 0.25) is 0 Å². The zero-order chi connectivity index (χ0) is 10.1. The summed E-state index contributed by atoms with van der Waals surface area (Å²) in [5.41, 5.74) is 0.433. The zero-order valence-electron chi connectivity index (χ0n) is 8.14. The summed E-state index contributed by atoms with van der Waals surface area (Å²) in [6.45, 7) is 8.39. The lowest BCUT2D eigenvalue weighted by molar-refractivity contribution is -0.136. The normalized spacial score (nSPS) is 7.67. The Labute approximate surface area is 73.4 Å². The Bertz CT molecular complexity index is 171. The standard InChI is InChI=1S/C5H8O2.C4H8O/c1-4(2)5(6)7-3;1-3-4(2)5/h1H2,2-3H3;3H2,1-2H3. The highest BCUT2D eigenvalue weighted by Gasteiger charge is 1.95. The number of rotatable bonds is 2. The van der Waals surface area contributed by atoms with E-state index in [1.54, 1.807) is 13.8 Å². The molecule has 0 aliphatic rings. The molecule has 0 atom stereocenters. The van der Waals surface area contributed by atoms with Crippen LogP contribution in [0.25, 0.3) is 0 Å². The third-order valence-corrected chi connectivity index (χ3v) is 1.03. The monoisotopic (exact) mass is 172 g/mol. The first-order valence-corrected chi connectivity index (χ1v) is 3.68. The van der Waals surface area contributed by atoms with Crippen molar-refractivity contribution in [2.24, 2.45) is 0 Å². The van der Waals surface area contributed by atoms with Gasteiger partial charge in [-0.05, 0) is 13.8 Å². The van der Waals surface area contributed by atoms with Crippen LogP contribution in [0.3, 0.4) is 0 Å². The average Bonchev–Trinajstić information content (AvgIpc) is 2.04. The van der Waals surface area contributed by atoms with Crippen molar-refractivity contribution in [1.82, 2.24) is 0 Å². The molecular formula is C9H16O3. The van der Waals surface area contributed by atoms with Crippen LogP contribution in [0.4, 0.5) is 0 Å². The van der Waals surface area contributed by atoms with Crippen LogP contribution < -0.4 is 0 Å². The molecule has 0 unspecified atom stereocenters. The third-order valence-electron chi connectivity index (χ3n) is 1.03. The summed E-state index contributed by atoms with van der Waals surface area (Å²) in [5, 5.41) is 0. The fourth-order valence-corrected chi connectivity index (χ4v) is 0.174. The summed E-state index contributed by atoms with van der Waals surface area (Å²) in [5.74, 6) is -0.0926. The van der Waals surface area contributed by atoms with Gasteiger partial charge >= 0.3 is 5.97 Å². The summed E-state index contributed by atoms with van der Waals surface area (Å²) in [7, 11) is 1.33. The Morgan fingerprint density at radius 1 is 1.33 bits per heavy atom. The van der Waals surface area contributed by atoms with E-state index in [1.807, 2.05) is 6.92 Å². The Hall–Kier alpha value is -1.12. The van der Waals surface area contributed by atoms with Crippen LogP contribution in [0, 0.1) is 0 Å². The second kappa shape index (κ2) is 7.98. The van der Waals surface area contributed by atoms with Gasteiger partial charge in [-0.3, -0.25) is 0 Å². The predicted octanol–water partition coefficient (Wildman–Crippen LogP) is 1.72. The summed E-state index contributed by atoms with van der Waals surface area (Å²) in [6.07, 6.45) is 0.667. The van der Waals surface area contributed by atoms with Crippen molar-refractivity contribution in [3.63, 3.8) is 0 Å². The van der Waals surface area contributed by atoms with Gasteiger partial charge in [-0.2, -0.15) is 0 Å². The van der Waals surface area contributed by atoms with Crippen LogP contribution in [0.1, 0.15) is 27.2 Å². The van der Waals surface area contributed by atoms with Crippen molar-refractivity contribution in [2.45, 2.75) is 27.2 Å². The predicted molar refractivity (Wildman–Crippen MR) is 47.8 cm³/mol. The van der Waals surface area contributed by atoms with Crippen molar-refractivity contribution in [3.05, 3.63) is 12.2 Å². The molecule has 0 fully saturated rings. The SMILES string of the molecule is C=C(C)C(=O)OC.CCC(C)=O. The number of carbonyl (C=O) groups excluding carboxylic acids is 2. The lowest BCUT2D eigenvalue weighted by Crippen LogP contribution is -1.98. The van der Waals surface area contributed by atoms with Crippen LogP contribution >= 0.6 is 0 Å². The Balaban J connectivity index is 0. The van der Waals surface area contributed by atoms with Gasteiger partial charge in [-0.1, -0.05) is 13.5 Å². The molecule has 0 aromatic rings. The maximum absolute atomic E-state index is 10.2. The number of hydrogen-bond donors (Lipinski definition) is 0. The van der Waals surface area contributed by atoms with E-state index in [9.17, 15) is 9.59 Å². The van der Waals surface area contributed by atoms with Crippen LogP contribution in [-0.4, -0.2) is 18.9 Å². The van der Waals surface area contributed by atoms with Gasteiger partial charge in [0.15, 0.2) is 0 Å². The van der Waals surface area contributed by atoms with Crippen LogP contribution in [0.5, 0.6) is 0 Å². The number of hydrogen-bond acceptors (Lipinski definition) is 3. The van der Waals surface area contributed by atoms with Crippen LogP contribution in [-0.2, 0) is 14.3 Å². The third kappa shape index (κ3) is 11.6. The van der Waals surface area contributed by atoms with Crippen molar-refractivity contribution < 1.29 is 14.3 Å². The average molecular weight is 172 g/mol. The van der Waals surface area contributed by atoms with Crippen molar-refractivity contribution in [2.75, 3.05) is 7.11 Å². The van der Waals surface area contributed by atoms with E-state index in [4.69, 9.17) is 0 Å². The molecule has 0 saturated heterocycles. The summed E-state index contributed by atoms with van der Waals surface area (Å²) < 4.78 is 4.27. The minimum absolute atomic E-state index is 0.255. The van der Waals surface area contributed by atoms with Gasteiger partial charge in [-0.25, -0.2) is 4.79 Å². The molecule has 0 radical (unpaired) electrons. The van der Waals surface area contributed by atoms with E-state index in [-0.39, 0.29) is 11.8 Å². The molecule has 0 spiro atoms. The highest BCUT2D eigenvalue weighted by Crippen LogP contribution is 1.87. The number of ether oxygens (including phenoxy) is 1. The van der Waals surface area contributed by atoms with E-state index in [1.165, 1.54) is 7.11 Å². The quantitative estimate of drug-likeness (QED) is 0.470. The molecule has 0 N–H and O–H groups in total. The molecule has 0 aliphatic carbocycles. The van der Waals surface area contributed by atoms with E-state index in [0.717, 1.165) is 0 Å². The molecule has 0 aromatic carbocycles. The number of carbonyl (C=O) groups is 2. The first-order valence-electron chi connectivity index (χ1n) is 3.68. The van der Waals surface area contributed by atoms with Gasteiger partial charge in [-0.15, -0.1) is 0 Å². The summed E-state index contributed by atoms with van der Waals surface area (Å²) in [4.78, 5) is 20.0. The molecule has 0 rings (SSSR count). The molecule has 70 valence electrons.